The fourth-order valence-electron chi connectivity index (χ4n) is 8.56. The predicted molar refractivity (Wildman–Crippen MR) is 226 cm³/mol. The smallest absolute Gasteiger partial charge is 0.326 e. The van der Waals surface area contributed by atoms with Crippen LogP contribution in [0.15, 0.2) is 60.9 Å². The quantitative estimate of drug-likeness (QED) is 0.132. The lowest BCUT2D eigenvalue weighted by atomic mass is 9.73. The molecule has 4 heterocycles. The molecule has 0 saturated carbocycles. The van der Waals surface area contributed by atoms with Crippen LogP contribution in [0.5, 0.6) is 5.75 Å². The summed E-state index contributed by atoms with van der Waals surface area (Å²) in [5.41, 5.74) is 6.92. The molecule has 324 valence electrons. The predicted octanol–water partition coefficient (Wildman–Crippen LogP) is 4.57. The van der Waals surface area contributed by atoms with Crippen molar-refractivity contribution < 1.29 is 38.9 Å². The van der Waals surface area contributed by atoms with Gasteiger partial charge in [-0.05, 0) is 87.7 Å². The summed E-state index contributed by atoms with van der Waals surface area (Å²) in [6.07, 6.45) is 9.80. The van der Waals surface area contributed by atoms with E-state index < -0.39 is 24.0 Å². The largest absolute Gasteiger partial charge is 0.489 e. The molecule has 5 N–H and O–H groups in total. The number of ether oxygens (including phenoxy) is 2. The molecule has 1 aromatic heterocycles. The third kappa shape index (κ3) is 12.0. The van der Waals surface area contributed by atoms with Crippen molar-refractivity contribution in [3.05, 3.63) is 93.8 Å². The minimum atomic E-state index is -1.61. The lowest BCUT2D eigenvalue weighted by molar-refractivity contribution is -0.146. The minimum absolute atomic E-state index is 0.0104. The molecule has 14 nitrogen and oxygen atoms in total. The number of carbonyl (C=O) groups is 4. The zero-order chi connectivity index (χ0) is 42.7. The Hall–Kier alpha value is -4.60. The number of aliphatic hydroxyl groups excluding tert-OH is 1. The fourth-order valence-corrected chi connectivity index (χ4v) is 8.84. The molecule has 2 unspecified atom stereocenters. The molecule has 3 aliphatic heterocycles. The molecule has 60 heavy (non-hydrogen) atoms. The van der Waals surface area contributed by atoms with Gasteiger partial charge < -0.3 is 40.1 Å². The van der Waals surface area contributed by atoms with Gasteiger partial charge in [-0.1, -0.05) is 41.9 Å². The Morgan fingerprint density at radius 2 is 1.67 bits per heavy atom. The molecule has 6 rings (SSSR count). The molecule has 0 bridgehead atoms. The number of nitrogens with one attached hydrogen (secondary N) is 1. The maximum atomic E-state index is 13.8. The van der Waals surface area contributed by atoms with E-state index in [1.807, 2.05) is 28.0 Å². The normalized spacial score (nSPS) is 20.6. The van der Waals surface area contributed by atoms with Crippen LogP contribution in [0.2, 0.25) is 5.02 Å². The third-order valence-electron chi connectivity index (χ3n) is 12.2. The van der Waals surface area contributed by atoms with Gasteiger partial charge in [0.25, 0.3) is 0 Å². The van der Waals surface area contributed by atoms with Gasteiger partial charge in [0, 0.05) is 92.6 Å². The lowest BCUT2D eigenvalue weighted by Crippen LogP contribution is -2.54. The summed E-state index contributed by atoms with van der Waals surface area (Å²) >= 11 is 6.78. The summed E-state index contributed by atoms with van der Waals surface area (Å²) in [4.78, 5) is 61.3. The van der Waals surface area contributed by atoms with Crippen LogP contribution in [0, 0.1) is 5.41 Å². The number of amides is 3. The summed E-state index contributed by atoms with van der Waals surface area (Å²) < 4.78 is 12.3. The highest BCUT2D eigenvalue weighted by Gasteiger charge is 2.41. The number of aliphatic carboxylic acids is 1. The highest BCUT2D eigenvalue weighted by atomic mass is 35.5. The van der Waals surface area contributed by atoms with E-state index in [9.17, 15) is 29.4 Å². The van der Waals surface area contributed by atoms with Crippen LogP contribution in [-0.2, 0) is 45.3 Å². The Morgan fingerprint density at radius 1 is 0.950 bits per heavy atom. The zero-order valence-corrected chi connectivity index (χ0v) is 35.3. The molecule has 2 aromatic carbocycles. The fraction of sp³-hybridized carbons (Fsp3) is 0.533. The highest BCUT2D eigenvalue weighted by Crippen LogP contribution is 2.39. The van der Waals surface area contributed by atoms with E-state index in [1.165, 1.54) is 18.7 Å². The molecule has 3 fully saturated rings. The molecule has 3 saturated heterocycles. The molecule has 3 aliphatic rings. The number of rotatable bonds is 19. The number of primary amides is 1. The van der Waals surface area contributed by atoms with E-state index in [2.05, 4.69) is 27.3 Å². The van der Waals surface area contributed by atoms with Gasteiger partial charge in [0.05, 0.1) is 24.9 Å². The number of aryl methyl sites for hydroxylation is 1. The Labute approximate surface area is 357 Å². The number of nitrogens with two attached hydrogens (primary N) is 1. The summed E-state index contributed by atoms with van der Waals surface area (Å²) in [5, 5.41) is 22.7. The third-order valence-corrected chi connectivity index (χ3v) is 12.6. The SMILES string of the molecule is CC(CO)(NCc1cc(Cl)c(CCC(=O)N2CCCC3(CCCN(C(=O)CCCN4CC[C@@H](OCc5ccccc5)C4)C3)C2)cc1OCc1cncc(C(N)=O)c1)C(=O)O. The lowest BCUT2D eigenvalue weighted by Gasteiger charge is -2.48. The number of carboxylic acid groups (broad SMARTS) is 1. The summed E-state index contributed by atoms with van der Waals surface area (Å²) in [5.74, 6) is -1.23. The molecule has 15 heteroatoms. The number of nitrogens with zero attached hydrogens (tertiary/aromatic N) is 4. The van der Waals surface area contributed by atoms with Gasteiger partial charge in [-0.15, -0.1) is 0 Å². The van der Waals surface area contributed by atoms with E-state index in [0.29, 0.717) is 66.5 Å². The van der Waals surface area contributed by atoms with Crippen molar-refractivity contribution in [2.45, 2.75) is 96.1 Å². The highest BCUT2D eigenvalue weighted by molar-refractivity contribution is 6.31. The Morgan fingerprint density at radius 3 is 2.35 bits per heavy atom. The number of aliphatic hydroxyl groups is 1. The van der Waals surface area contributed by atoms with Gasteiger partial charge in [0.1, 0.15) is 17.9 Å². The number of halogens is 1. The number of pyridine rings is 1. The van der Waals surface area contributed by atoms with Crippen LogP contribution in [0.1, 0.15) is 90.9 Å². The van der Waals surface area contributed by atoms with Crippen LogP contribution in [0.3, 0.4) is 0 Å². The van der Waals surface area contributed by atoms with Gasteiger partial charge in [0.2, 0.25) is 17.7 Å². The molecule has 1 spiro atoms. The number of piperidine rings is 2. The molecule has 0 aliphatic carbocycles. The Kier molecular flexibility index (Phi) is 15.6. The standard InChI is InChI=1S/C45H59ClN6O8/c1-44(31-53,43(57)58)49-25-35-21-38(46)34(22-39(35)60-28-33-20-36(42(47)56)24-48-23-33)11-12-41(55)52-18-7-15-45(30-52)14-6-17-51(29-45)40(54)10-5-16-50-19-13-37(26-50)59-27-32-8-3-2-4-9-32/h2-4,8-9,20-24,37,49,53H,5-7,10-19,25-31H2,1H3,(H2,47,56)(H,57,58)/t37-,44?,45?/m1/s1. The van der Waals surface area contributed by atoms with E-state index >= 15 is 0 Å². The first-order valence-electron chi connectivity index (χ1n) is 21.1. The van der Waals surface area contributed by atoms with Crippen molar-refractivity contribution in [3.8, 4) is 5.75 Å². The number of hydrogen-bond acceptors (Lipinski definition) is 10. The van der Waals surface area contributed by atoms with E-state index in [4.69, 9.17) is 26.8 Å². The molecular formula is C45H59ClN6O8. The van der Waals surface area contributed by atoms with Crippen molar-refractivity contribution in [2.24, 2.45) is 11.1 Å². The van der Waals surface area contributed by atoms with Crippen LogP contribution >= 0.6 is 11.6 Å². The van der Waals surface area contributed by atoms with Crippen molar-refractivity contribution in [3.63, 3.8) is 0 Å². The second kappa shape index (κ2) is 20.8. The number of benzene rings is 2. The summed E-state index contributed by atoms with van der Waals surface area (Å²) in [6.45, 7) is 6.86. The first-order valence-corrected chi connectivity index (χ1v) is 21.4. The minimum Gasteiger partial charge on any atom is -0.489 e. The first kappa shape index (κ1) is 44.9. The zero-order valence-electron chi connectivity index (χ0n) is 34.6. The van der Waals surface area contributed by atoms with Gasteiger partial charge in [0.15, 0.2) is 0 Å². The van der Waals surface area contributed by atoms with Crippen LogP contribution in [0.4, 0.5) is 0 Å². The van der Waals surface area contributed by atoms with Crippen LogP contribution < -0.4 is 15.8 Å². The number of aromatic nitrogens is 1. The van der Waals surface area contributed by atoms with Gasteiger partial charge in [-0.3, -0.25) is 29.5 Å². The second-order valence-electron chi connectivity index (χ2n) is 16.9. The molecule has 3 amide bonds. The van der Waals surface area contributed by atoms with Crippen molar-refractivity contribution >= 4 is 35.3 Å². The number of hydrogen-bond donors (Lipinski definition) is 4. The van der Waals surface area contributed by atoms with Crippen molar-refractivity contribution in [1.82, 2.24) is 25.0 Å². The topological polar surface area (TPSA) is 188 Å². The van der Waals surface area contributed by atoms with E-state index in [1.54, 1.807) is 24.4 Å². The van der Waals surface area contributed by atoms with E-state index in [-0.39, 0.29) is 48.5 Å². The molecular weight excluding hydrogens is 788 g/mol. The first-order chi connectivity index (χ1) is 28.8. The van der Waals surface area contributed by atoms with Crippen LogP contribution in [0.25, 0.3) is 0 Å². The number of carboxylic acids is 1. The van der Waals surface area contributed by atoms with Crippen molar-refractivity contribution in [2.75, 3.05) is 52.4 Å². The Bertz CT molecular complexity index is 1970. The maximum Gasteiger partial charge on any atom is 0.326 e. The molecule has 0 radical (unpaired) electrons. The van der Waals surface area contributed by atoms with Crippen molar-refractivity contribution in [1.29, 1.82) is 0 Å². The second-order valence-corrected chi connectivity index (χ2v) is 17.3. The van der Waals surface area contributed by atoms with Crippen LogP contribution in [-0.4, -0.2) is 118 Å². The van der Waals surface area contributed by atoms with Gasteiger partial charge in [-0.2, -0.15) is 0 Å². The van der Waals surface area contributed by atoms with Gasteiger partial charge in [-0.25, -0.2) is 0 Å². The maximum absolute atomic E-state index is 13.8. The monoisotopic (exact) mass is 846 g/mol. The van der Waals surface area contributed by atoms with Gasteiger partial charge >= 0.3 is 5.97 Å². The number of likely N-dealkylation sites (tertiary alicyclic amines) is 3. The van der Waals surface area contributed by atoms with E-state index in [0.717, 1.165) is 64.7 Å². The average molecular weight is 847 g/mol. The summed E-state index contributed by atoms with van der Waals surface area (Å²) in [7, 11) is 0. The summed E-state index contributed by atoms with van der Waals surface area (Å²) in [6, 6.07) is 15.2. The Balaban J connectivity index is 1.01. The number of carbonyl (C=O) groups excluding carboxylic acids is 3. The molecule has 3 atom stereocenters. The average Bonchev–Trinajstić information content (AvgIpc) is 3.71. The molecule has 3 aromatic rings.